The number of furan rings is 1. The molecule has 11 nitrogen and oxygen atoms in total. The number of nitro groups is 1. The zero-order chi connectivity index (χ0) is 23.5. The van der Waals surface area contributed by atoms with Crippen LogP contribution in [0.25, 0.3) is 0 Å². The predicted molar refractivity (Wildman–Crippen MR) is 111 cm³/mol. The number of carbonyl (C=O) groups is 4. The molecule has 0 spiro atoms. The van der Waals surface area contributed by atoms with E-state index in [2.05, 4.69) is 5.32 Å². The minimum atomic E-state index is -0.878. The molecule has 0 atom stereocenters. The standard InChI is InChI=1S/C22H15N3O8/c26-19(23-14-3-1-4-15(10-14)25(30)31)12-33-22(29)13-6-7-17-18(9-13)21(28)24(20(17)27)11-16-5-2-8-32-16/h1-10H,11-12H2,(H,23,26). The summed E-state index contributed by atoms with van der Waals surface area (Å²) >= 11 is 0. The van der Waals surface area contributed by atoms with Gasteiger partial charge in [0, 0.05) is 17.8 Å². The first-order chi connectivity index (χ1) is 15.8. The first kappa shape index (κ1) is 21.4. The van der Waals surface area contributed by atoms with E-state index >= 15 is 0 Å². The van der Waals surface area contributed by atoms with Crippen LogP contribution >= 0.6 is 0 Å². The van der Waals surface area contributed by atoms with Gasteiger partial charge in [-0.3, -0.25) is 29.4 Å². The second-order valence-electron chi connectivity index (χ2n) is 6.97. The summed E-state index contributed by atoms with van der Waals surface area (Å²) in [6.45, 7) is -0.701. The van der Waals surface area contributed by atoms with Crippen LogP contribution in [-0.4, -0.2) is 40.1 Å². The zero-order valence-electron chi connectivity index (χ0n) is 16.8. The van der Waals surface area contributed by atoms with E-state index in [0.29, 0.717) is 5.76 Å². The fourth-order valence-corrected chi connectivity index (χ4v) is 3.23. The van der Waals surface area contributed by atoms with Gasteiger partial charge in [-0.2, -0.15) is 0 Å². The van der Waals surface area contributed by atoms with Gasteiger partial charge in [-0.05, 0) is 36.4 Å². The third-order valence-electron chi connectivity index (χ3n) is 4.78. The van der Waals surface area contributed by atoms with Gasteiger partial charge < -0.3 is 14.5 Å². The van der Waals surface area contributed by atoms with Gasteiger partial charge in [-0.1, -0.05) is 6.07 Å². The number of anilines is 1. The maximum atomic E-state index is 12.7. The Labute approximate surface area is 185 Å². The first-order valence-corrected chi connectivity index (χ1v) is 9.57. The molecule has 0 unspecified atom stereocenters. The number of benzene rings is 2. The topological polar surface area (TPSA) is 149 Å². The van der Waals surface area contributed by atoms with Crippen molar-refractivity contribution < 1.29 is 33.3 Å². The Balaban J connectivity index is 1.39. The number of rotatable bonds is 7. The summed E-state index contributed by atoms with van der Waals surface area (Å²) in [4.78, 5) is 60.8. The van der Waals surface area contributed by atoms with Crippen molar-refractivity contribution in [3.63, 3.8) is 0 Å². The number of amides is 3. The normalized spacial score (nSPS) is 12.4. The van der Waals surface area contributed by atoms with Crippen molar-refractivity contribution in [2.45, 2.75) is 6.54 Å². The van der Waals surface area contributed by atoms with Crippen LogP contribution in [0.2, 0.25) is 0 Å². The number of hydrogen-bond donors (Lipinski definition) is 1. The van der Waals surface area contributed by atoms with Gasteiger partial charge in [-0.25, -0.2) is 4.79 Å². The predicted octanol–water partition coefficient (Wildman–Crippen LogP) is 2.78. The Kier molecular flexibility index (Phi) is 5.68. The average molecular weight is 449 g/mol. The summed E-state index contributed by atoms with van der Waals surface area (Å²) < 4.78 is 10.1. The van der Waals surface area contributed by atoms with Gasteiger partial charge in [0.1, 0.15) is 5.76 Å². The van der Waals surface area contributed by atoms with Gasteiger partial charge >= 0.3 is 5.97 Å². The van der Waals surface area contributed by atoms with E-state index in [9.17, 15) is 29.3 Å². The van der Waals surface area contributed by atoms with Crippen LogP contribution in [-0.2, 0) is 16.1 Å². The molecule has 1 N–H and O–H groups in total. The number of non-ortho nitro benzene ring substituents is 1. The highest BCUT2D eigenvalue weighted by molar-refractivity contribution is 6.21. The summed E-state index contributed by atoms with van der Waals surface area (Å²) in [6, 6.07) is 12.4. The lowest BCUT2D eigenvalue weighted by Crippen LogP contribution is -2.28. The zero-order valence-corrected chi connectivity index (χ0v) is 16.8. The molecule has 0 fully saturated rings. The lowest BCUT2D eigenvalue weighted by molar-refractivity contribution is -0.384. The molecule has 11 heteroatoms. The molecule has 2 heterocycles. The van der Waals surface area contributed by atoms with Crippen molar-refractivity contribution in [1.82, 2.24) is 4.90 Å². The summed E-state index contributed by atoms with van der Waals surface area (Å²) in [5.41, 5.74) is 0.137. The second kappa shape index (κ2) is 8.75. The molecule has 0 saturated heterocycles. The number of nitro benzene ring substituents is 1. The van der Waals surface area contributed by atoms with E-state index in [-0.39, 0.29) is 34.6 Å². The van der Waals surface area contributed by atoms with Crippen LogP contribution in [0.1, 0.15) is 36.8 Å². The minimum absolute atomic E-state index is 0.0158. The molecule has 1 aliphatic heterocycles. The molecule has 4 rings (SSSR count). The molecule has 3 aromatic rings. The third-order valence-corrected chi connectivity index (χ3v) is 4.78. The molecule has 0 radical (unpaired) electrons. The molecule has 0 aliphatic carbocycles. The highest BCUT2D eigenvalue weighted by Gasteiger charge is 2.36. The number of hydrogen-bond acceptors (Lipinski definition) is 8. The van der Waals surface area contributed by atoms with Gasteiger partial charge in [0.2, 0.25) is 0 Å². The maximum Gasteiger partial charge on any atom is 0.338 e. The molecule has 33 heavy (non-hydrogen) atoms. The van der Waals surface area contributed by atoms with Gasteiger partial charge in [0.15, 0.2) is 6.61 Å². The van der Waals surface area contributed by atoms with Crippen LogP contribution in [0.5, 0.6) is 0 Å². The molecule has 1 aromatic heterocycles. The smallest absolute Gasteiger partial charge is 0.338 e. The van der Waals surface area contributed by atoms with Gasteiger partial charge in [-0.15, -0.1) is 0 Å². The number of nitrogens with one attached hydrogen (secondary N) is 1. The minimum Gasteiger partial charge on any atom is -0.467 e. The number of fused-ring (bicyclic) bond motifs is 1. The quantitative estimate of drug-likeness (QED) is 0.250. The Morgan fingerprint density at radius 3 is 2.55 bits per heavy atom. The van der Waals surface area contributed by atoms with Crippen molar-refractivity contribution >= 4 is 35.1 Å². The van der Waals surface area contributed by atoms with Crippen molar-refractivity contribution in [2.75, 3.05) is 11.9 Å². The molecular weight excluding hydrogens is 434 g/mol. The van der Waals surface area contributed by atoms with E-state index in [1.165, 1.54) is 42.7 Å². The first-order valence-electron chi connectivity index (χ1n) is 9.57. The van der Waals surface area contributed by atoms with Gasteiger partial charge in [0.25, 0.3) is 23.4 Å². The van der Waals surface area contributed by atoms with Crippen LogP contribution in [0.4, 0.5) is 11.4 Å². The lowest BCUT2D eigenvalue weighted by atomic mass is 10.1. The molecule has 166 valence electrons. The number of ether oxygens (including phenoxy) is 1. The van der Waals surface area contributed by atoms with Crippen molar-refractivity contribution in [2.24, 2.45) is 0 Å². The lowest BCUT2D eigenvalue weighted by Gasteiger charge is -2.11. The molecular formula is C22H15N3O8. The van der Waals surface area contributed by atoms with E-state index in [4.69, 9.17) is 9.15 Å². The summed E-state index contributed by atoms with van der Waals surface area (Å²) in [6.07, 6.45) is 1.43. The fraction of sp³-hybridized carbons (Fsp3) is 0.0909. The summed E-state index contributed by atoms with van der Waals surface area (Å²) in [7, 11) is 0. The Morgan fingerprint density at radius 2 is 1.82 bits per heavy atom. The van der Waals surface area contributed by atoms with Crippen LogP contribution < -0.4 is 5.32 Å². The highest BCUT2D eigenvalue weighted by Crippen LogP contribution is 2.26. The number of imide groups is 1. The van der Waals surface area contributed by atoms with E-state index in [1.807, 2.05) is 0 Å². The number of nitrogens with zero attached hydrogens (tertiary/aromatic N) is 2. The highest BCUT2D eigenvalue weighted by atomic mass is 16.6. The molecule has 1 aliphatic rings. The number of carbonyl (C=O) groups excluding carboxylic acids is 4. The molecule has 0 saturated carbocycles. The molecule has 3 amide bonds. The van der Waals surface area contributed by atoms with Crippen LogP contribution in [0, 0.1) is 10.1 Å². The fourth-order valence-electron chi connectivity index (χ4n) is 3.23. The summed E-state index contributed by atoms with van der Waals surface area (Å²) in [5.74, 6) is -2.25. The van der Waals surface area contributed by atoms with E-state index < -0.39 is 35.2 Å². The monoisotopic (exact) mass is 449 g/mol. The Bertz CT molecular complexity index is 1280. The molecule has 0 bridgehead atoms. The SMILES string of the molecule is O=C(COC(=O)c1ccc2c(c1)C(=O)N(Cc1ccco1)C2=O)Nc1cccc([N+](=O)[O-])c1. The van der Waals surface area contributed by atoms with Crippen molar-refractivity contribution in [3.05, 3.63) is 93.4 Å². The van der Waals surface area contributed by atoms with E-state index in [1.54, 1.807) is 12.1 Å². The maximum absolute atomic E-state index is 12.7. The Morgan fingerprint density at radius 1 is 1.03 bits per heavy atom. The Hall–Kier alpha value is -4.80. The molecule has 2 aromatic carbocycles. The summed E-state index contributed by atoms with van der Waals surface area (Å²) in [5, 5.41) is 13.2. The second-order valence-corrected chi connectivity index (χ2v) is 6.97. The van der Waals surface area contributed by atoms with Crippen LogP contribution in [0.15, 0.2) is 65.3 Å². The van der Waals surface area contributed by atoms with E-state index in [0.717, 1.165) is 11.0 Å². The van der Waals surface area contributed by atoms with Crippen LogP contribution in [0.3, 0.4) is 0 Å². The van der Waals surface area contributed by atoms with Crippen molar-refractivity contribution in [1.29, 1.82) is 0 Å². The number of esters is 1. The third kappa shape index (κ3) is 4.46. The van der Waals surface area contributed by atoms with Gasteiger partial charge in [0.05, 0.1) is 34.4 Å². The van der Waals surface area contributed by atoms with Crippen molar-refractivity contribution in [3.8, 4) is 0 Å². The average Bonchev–Trinajstić information content (AvgIpc) is 3.40. The largest absolute Gasteiger partial charge is 0.467 e.